The molecule has 1 aliphatic heterocycles. The van der Waals surface area contributed by atoms with Crippen molar-refractivity contribution in [3.8, 4) is 5.75 Å². The van der Waals surface area contributed by atoms with Crippen molar-refractivity contribution >= 4 is 35.0 Å². The summed E-state index contributed by atoms with van der Waals surface area (Å²) in [4.78, 5) is 53.0. The van der Waals surface area contributed by atoms with Crippen LogP contribution < -0.4 is 21.1 Å². The van der Waals surface area contributed by atoms with Crippen LogP contribution in [0.4, 0.5) is 5.69 Å². The number of Topliss-reactive ketones (excluding diaryl/α,β-unsaturated/α-hetero) is 1. The van der Waals surface area contributed by atoms with Crippen molar-refractivity contribution in [2.45, 2.75) is 95.6 Å². The number of rotatable bonds is 17. The van der Waals surface area contributed by atoms with E-state index in [-0.39, 0.29) is 29.8 Å². The summed E-state index contributed by atoms with van der Waals surface area (Å²) in [6, 6.07) is 15.0. The van der Waals surface area contributed by atoms with E-state index in [0.717, 1.165) is 35.4 Å². The van der Waals surface area contributed by atoms with Gasteiger partial charge in [0.15, 0.2) is 17.0 Å². The summed E-state index contributed by atoms with van der Waals surface area (Å²) < 4.78 is 6.13. The summed E-state index contributed by atoms with van der Waals surface area (Å²) >= 11 is 1.49. The van der Waals surface area contributed by atoms with E-state index in [0.29, 0.717) is 18.0 Å². The van der Waals surface area contributed by atoms with Gasteiger partial charge in [0.05, 0.1) is 23.4 Å². The first-order chi connectivity index (χ1) is 22.8. The molecule has 3 heterocycles. The number of nitrogens with zero attached hydrogens (tertiary/aromatic N) is 2. The Labute approximate surface area is 288 Å². The fourth-order valence-corrected chi connectivity index (χ4v) is 7.35. The maximum Gasteiger partial charge on any atom is 0.251 e. The Morgan fingerprint density at radius 2 is 1.75 bits per heavy atom. The van der Waals surface area contributed by atoms with Crippen molar-refractivity contribution in [1.82, 2.24) is 15.3 Å². The summed E-state index contributed by atoms with van der Waals surface area (Å²) in [5, 5.41) is 17.6. The maximum atomic E-state index is 14.9. The number of aliphatic hydroxyl groups is 1. The largest absolute Gasteiger partial charge is 0.472 e. The molecule has 3 aromatic rings. The van der Waals surface area contributed by atoms with Gasteiger partial charge in [0, 0.05) is 35.3 Å². The lowest BCUT2D eigenvalue weighted by atomic mass is 9.58. The van der Waals surface area contributed by atoms with Crippen molar-refractivity contribution in [2.24, 2.45) is 23.0 Å². The summed E-state index contributed by atoms with van der Waals surface area (Å²) in [7, 11) is 0. The molecular weight excluding hydrogens is 627 g/mol. The Bertz CT molecular complexity index is 1570. The molecule has 0 fully saturated rings. The Kier molecular flexibility index (Phi) is 12.4. The molecule has 10 nitrogen and oxygen atoms in total. The summed E-state index contributed by atoms with van der Waals surface area (Å²) in [6.07, 6.45) is 5.13. The number of ketones is 1. The van der Waals surface area contributed by atoms with Gasteiger partial charge in [-0.3, -0.25) is 19.4 Å². The molecule has 11 heteroatoms. The van der Waals surface area contributed by atoms with Crippen LogP contribution in [0.5, 0.6) is 5.75 Å². The lowest BCUT2D eigenvalue weighted by Gasteiger charge is -2.51. The van der Waals surface area contributed by atoms with Gasteiger partial charge in [0.1, 0.15) is 11.2 Å². The molecule has 4 atom stereocenters. The number of aryl methyl sites for hydroxylation is 1. The number of pyridine rings is 2. The summed E-state index contributed by atoms with van der Waals surface area (Å²) in [5.74, 6) is -1.58. The molecule has 1 aromatic carbocycles. The topological polar surface area (TPSA) is 157 Å². The number of nitrogens with one attached hydrogen (secondary N) is 2. The maximum absolute atomic E-state index is 14.9. The van der Waals surface area contributed by atoms with Crippen LogP contribution in [0, 0.1) is 24.2 Å². The predicted molar refractivity (Wildman–Crippen MR) is 189 cm³/mol. The number of carbonyl (C=O) groups excluding carboxylic acids is 3. The van der Waals surface area contributed by atoms with Gasteiger partial charge < -0.3 is 26.2 Å². The van der Waals surface area contributed by atoms with Crippen molar-refractivity contribution in [3.05, 3.63) is 77.9 Å². The van der Waals surface area contributed by atoms with E-state index in [9.17, 15) is 19.5 Å². The van der Waals surface area contributed by atoms with Gasteiger partial charge in [-0.1, -0.05) is 76.9 Å². The number of fused-ring (bicyclic) bond motifs is 1. The van der Waals surface area contributed by atoms with Crippen LogP contribution >= 0.6 is 11.8 Å². The first-order valence-corrected chi connectivity index (χ1v) is 17.6. The molecule has 0 radical (unpaired) electrons. The number of ether oxygens (including phenoxy) is 1. The Morgan fingerprint density at radius 1 is 1.02 bits per heavy atom. The fraction of sp³-hybridized carbons (Fsp3) is 0.486. The van der Waals surface area contributed by atoms with E-state index in [1.807, 2.05) is 37.3 Å². The molecule has 0 saturated carbocycles. The van der Waals surface area contributed by atoms with Crippen LogP contribution in [0.2, 0.25) is 0 Å². The molecule has 2 amide bonds. The van der Waals surface area contributed by atoms with Crippen molar-refractivity contribution < 1.29 is 24.2 Å². The van der Waals surface area contributed by atoms with Crippen LogP contribution in [0.15, 0.2) is 65.8 Å². The van der Waals surface area contributed by atoms with Gasteiger partial charge in [-0.2, -0.15) is 0 Å². The third-order valence-electron chi connectivity index (χ3n) is 9.21. The SMILES string of the molecule is Cc1ccc(NC(=O)[C@](NC(=O)CCCCCC(C)C)(C(C)C)[C@](C)(C(=O)c2nccc3c2OC3Sc2ccccc2)[C@H](O)CN)cn1. The lowest BCUT2D eigenvalue weighted by molar-refractivity contribution is -0.141. The second kappa shape index (κ2) is 16.1. The first kappa shape index (κ1) is 37.0. The summed E-state index contributed by atoms with van der Waals surface area (Å²) in [6.45, 7) is 10.8. The van der Waals surface area contributed by atoms with Gasteiger partial charge in [0.25, 0.3) is 5.91 Å². The van der Waals surface area contributed by atoms with Crippen LogP contribution in [0.25, 0.3) is 0 Å². The number of unbranched alkanes of at least 4 members (excludes halogenated alkanes) is 2. The van der Waals surface area contributed by atoms with Crippen LogP contribution in [-0.4, -0.2) is 50.9 Å². The average Bonchev–Trinajstić information content (AvgIpc) is 3.05. The normalized spacial score (nSPS) is 16.9. The molecule has 4 rings (SSSR count). The van der Waals surface area contributed by atoms with Gasteiger partial charge >= 0.3 is 0 Å². The molecule has 0 aliphatic carbocycles. The predicted octanol–water partition coefficient (Wildman–Crippen LogP) is 6.23. The highest BCUT2D eigenvalue weighted by molar-refractivity contribution is 7.99. The number of hydrogen-bond acceptors (Lipinski definition) is 9. The molecule has 1 unspecified atom stereocenters. The molecule has 1 aliphatic rings. The highest BCUT2D eigenvalue weighted by Gasteiger charge is 2.64. The fourth-order valence-electron chi connectivity index (χ4n) is 6.33. The Morgan fingerprint density at radius 3 is 2.38 bits per heavy atom. The zero-order chi connectivity index (χ0) is 35.1. The van der Waals surface area contributed by atoms with Gasteiger partial charge in [-0.25, -0.2) is 4.98 Å². The second-order valence-corrected chi connectivity index (χ2v) is 14.5. The molecule has 258 valence electrons. The van der Waals surface area contributed by atoms with Crippen LogP contribution in [0.1, 0.15) is 93.9 Å². The van der Waals surface area contributed by atoms with E-state index in [4.69, 9.17) is 10.5 Å². The average molecular weight is 676 g/mol. The van der Waals surface area contributed by atoms with E-state index < -0.39 is 40.6 Å². The Hall–Kier alpha value is -3.80. The van der Waals surface area contributed by atoms with Crippen molar-refractivity contribution in [2.75, 3.05) is 11.9 Å². The molecule has 5 N–H and O–H groups in total. The standard InChI is InChI=1S/C37H49N5O5S/c1-23(2)13-9-7-12-16-30(44)42-37(24(3)4,35(46)41-26-18-17-25(5)40-22-26)36(6,29(43)21-38)33(45)31-32-28(19-20-39-31)34(47-32)48-27-14-10-8-11-15-27/h8,10-11,14-15,17-20,22-24,29,34,43H,7,9,12-13,16,21,38H2,1-6H3,(H,41,46)(H,42,44)/t29-,34?,36+,37-/m1/s1. The highest BCUT2D eigenvalue weighted by Crippen LogP contribution is 2.52. The zero-order valence-corrected chi connectivity index (χ0v) is 29.6. The van der Waals surface area contributed by atoms with E-state index in [1.54, 1.807) is 32.0 Å². The third-order valence-corrected chi connectivity index (χ3v) is 10.3. The molecular formula is C37H49N5O5S. The van der Waals surface area contributed by atoms with Gasteiger partial charge in [-0.05, 0) is 62.4 Å². The molecule has 0 saturated heterocycles. The minimum absolute atomic E-state index is 0.0369. The second-order valence-electron chi connectivity index (χ2n) is 13.4. The number of nitrogens with two attached hydrogens (primary N) is 1. The minimum Gasteiger partial charge on any atom is -0.472 e. The Balaban J connectivity index is 1.76. The number of hydrogen-bond donors (Lipinski definition) is 4. The number of aliphatic hydroxyl groups excluding tert-OH is 1. The number of benzene rings is 1. The third kappa shape index (κ3) is 7.74. The zero-order valence-electron chi connectivity index (χ0n) is 28.8. The molecule has 0 bridgehead atoms. The number of aromatic nitrogens is 2. The first-order valence-electron chi connectivity index (χ1n) is 16.7. The molecule has 2 aromatic heterocycles. The monoisotopic (exact) mass is 675 g/mol. The van der Waals surface area contributed by atoms with Crippen molar-refractivity contribution in [1.29, 1.82) is 0 Å². The smallest absolute Gasteiger partial charge is 0.251 e. The van der Waals surface area contributed by atoms with Gasteiger partial charge in [-0.15, -0.1) is 0 Å². The number of carbonyl (C=O) groups is 3. The summed E-state index contributed by atoms with van der Waals surface area (Å²) in [5.41, 5.74) is 3.64. The minimum atomic E-state index is -1.98. The van der Waals surface area contributed by atoms with Crippen molar-refractivity contribution in [3.63, 3.8) is 0 Å². The molecule has 48 heavy (non-hydrogen) atoms. The number of amides is 2. The van der Waals surface area contributed by atoms with E-state index >= 15 is 0 Å². The number of thioether (sulfide) groups is 1. The van der Waals surface area contributed by atoms with Crippen LogP contribution in [0.3, 0.4) is 0 Å². The van der Waals surface area contributed by atoms with Crippen LogP contribution in [-0.2, 0) is 9.59 Å². The molecule has 0 spiro atoms. The quantitative estimate of drug-likeness (QED) is 0.0962. The lowest BCUT2D eigenvalue weighted by Crippen LogP contribution is -2.74. The van der Waals surface area contributed by atoms with Gasteiger partial charge in [0.2, 0.25) is 5.91 Å². The van der Waals surface area contributed by atoms with E-state index in [1.165, 1.54) is 31.1 Å². The highest BCUT2D eigenvalue weighted by atomic mass is 32.2. The number of anilines is 1. The van der Waals surface area contributed by atoms with E-state index in [2.05, 4.69) is 34.4 Å².